The van der Waals surface area contributed by atoms with Crippen molar-refractivity contribution in [2.75, 3.05) is 13.1 Å². The monoisotopic (exact) mass is 314 g/mol. The van der Waals surface area contributed by atoms with E-state index in [9.17, 15) is 4.79 Å². The Kier molecular flexibility index (Phi) is 3.24. The molecular weight excluding hydrogens is 288 g/mol. The molecule has 23 heavy (non-hydrogen) atoms. The van der Waals surface area contributed by atoms with Gasteiger partial charge in [0.2, 0.25) is 5.91 Å². The Labute approximate surface area is 137 Å². The van der Waals surface area contributed by atoms with E-state index in [1.807, 2.05) is 4.68 Å². The summed E-state index contributed by atoms with van der Waals surface area (Å²) in [6.45, 7) is 1.79. The number of piperidine rings is 1. The molecule has 4 aliphatic carbocycles. The average molecular weight is 314 g/mol. The SMILES string of the molecule is O=C(C1C2CC3CC(C2)CC1C3)N1CCC(n2cncn2)CC1. The topological polar surface area (TPSA) is 51.0 Å². The molecule has 2 heterocycles. The number of carbonyl (C=O) groups is 1. The molecule has 4 saturated carbocycles. The smallest absolute Gasteiger partial charge is 0.226 e. The van der Waals surface area contributed by atoms with Gasteiger partial charge in [0.15, 0.2) is 0 Å². The Morgan fingerprint density at radius 1 is 0.957 bits per heavy atom. The molecule has 5 aliphatic rings. The second-order valence-corrected chi connectivity index (χ2v) is 8.39. The van der Waals surface area contributed by atoms with Crippen LogP contribution in [-0.4, -0.2) is 38.7 Å². The van der Waals surface area contributed by atoms with E-state index in [0.717, 1.165) is 37.8 Å². The molecular formula is C18H26N4O. The predicted molar refractivity (Wildman–Crippen MR) is 85.4 cm³/mol. The molecule has 5 nitrogen and oxygen atoms in total. The lowest BCUT2D eigenvalue weighted by Gasteiger charge is -2.54. The van der Waals surface area contributed by atoms with E-state index in [4.69, 9.17) is 0 Å². The van der Waals surface area contributed by atoms with Crippen LogP contribution < -0.4 is 0 Å². The third-order valence-electron chi connectivity index (χ3n) is 7.10. The summed E-state index contributed by atoms with van der Waals surface area (Å²) in [6, 6.07) is 0.417. The van der Waals surface area contributed by atoms with E-state index >= 15 is 0 Å². The number of hydrogen-bond acceptors (Lipinski definition) is 3. The minimum atomic E-state index is 0.353. The molecule has 5 fully saturated rings. The summed E-state index contributed by atoms with van der Waals surface area (Å²) in [5, 5.41) is 4.26. The van der Waals surface area contributed by atoms with Crippen molar-refractivity contribution in [3.8, 4) is 0 Å². The van der Waals surface area contributed by atoms with E-state index in [1.54, 1.807) is 12.7 Å². The second kappa shape index (κ2) is 5.32. The summed E-state index contributed by atoms with van der Waals surface area (Å²) in [5.74, 6) is 4.12. The van der Waals surface area contributed by atoms with Gasteiger partial charge in [0, 0.05) is 19.0 Å². The van der Waals surface area contributed by atoms with Crippen LogP contribution in [0.1, 0.15) is 51.0 Å². The lowest BCUT2D eigenvalue weighted by atomic mass is 9.51. The minimum Gasteiger partial charge on any atom is -0.342 e. The number of nitrogens with zero attached hydrogens (tertiary/aromatic N) is 4. The van der Waals surface area contributed by atoms with Gasteiger partial charge < -0.3 is 4.90 Å². The largest absolute Gasteiger partial charge is 0.342 e. The number of aromatic nitrogens is 3. The molecule has 4 bridgehead atoms. The quantitative estimate of drug-likeness (QED) is 0.843. The first-order valence-corrected chi connectivity index (χ1v) is 9.41. The van der Waals surface area contributed by atoms with Crippen molar-refractivity contribution in [1.82, 2.24) is 19.7 Å². The number of likely N-dealkylation sites (tertiary alicyclic amines) is 1. The Morgan fingerprint density at radius 2 is 1.61 bits per heavy atom. The molecule has 1 saturated heterocycles. The zero-order chi connectivity index (χ0) is 15.4. The van der Waals surface area contributed by atoms with Gasteiger partial charge in [0.1, 0.15) is 12.7 Å². The Morgan fingerprint density at radius 3 is 2.17 bits per heavy atom. The lowest BCUT2D eigenvalue weighted by molar-refractivity contribution is -0.150. The highest BCUT2D eigenvalue weighted by Gasteiger charge is 2.51. The van der Waals surface area contributed by atoms with Gasteiger partial charge in [-0.05, 0) is 68.6 Å². The first-order valence-electron chi connectivity index (χ1n) is 9.41. The van der Waals surface area contributed by atoms with Crippen LogP contribution in [-0.2, 0) is 4.79 Å². The average Bonchev–Trinajstić information content (AvgIpc) is 3.08. The van der Waals surface area contributed by atoms with Gasteiger partial charge in [-0.25, -0.2) is 9.67 Å². The van der Waals surface area contributed by atoms with Crippen LogP contribution in [0.5, 0.6) is 0 Å². The summed E-state index contributed by atoms with van der Waals surface area (Å²) in [7, 11) is 0. The molecule has 6 rings (SSSR count). The zero-order valence-electron chi connectivity index (χ0n) is 13.7. The van der Waals surface area contributed by atoms with Gasteiger partial charge in [0.05, 0.1) is 6.04 Å². The molecule has 0 N–H and O–H groups in total. The second-order valence-electron chi connectivity index (χ2n) is 8.39. The Bertz CT molecular complexity index is 548. The van der Waals surface area contributed by atoms with Gasteiger partial charge in [0.25, 0.3) is 0 Å². The highest BCUT2D eigenvalue weighted by molar-refractivity contribution is 5.80. The van der Waals surface area contributed by atoms with Crippen molar-refractivity contribution >= 4 is 5.91 Å². The molecule has 0 aromatic carbocycles. The van der Waals surface area contributed by atoms with E-state index in [0.29, 0.717) is 29.7 Å². The molecule has 0 radical (unpaired) electrons. The van der Waals surface area contributed by atoms with Gasteiger partial charge in [-0.1, -0.05) is 0 Å². The van der Waals surface area contributed by atoms with E-state index in [-0.39, 0.29) is 0 Å². The fourth-order valence-corrected chi connectivity index (χ4v) is 6.30. The number of amides is 1. The zero-order valence-corrected chi connectivity index (χ0v) is 13.7. The van der Waals surface area contributed by atoms with Crippen LogP contribution in [0.4, 0.5) is 0 Å². The van der Waals surface area contributed by atoms with Crippen molar-refractivity contribution in [3.63, 3.8) is 0 Å². The molecule has 1 amide bonds. The third kappa shape index (κ3) is 2.31. The molecule has 1 aliphatic heterocycles. The lowest BCUT2D eigenvalue weighted by Crippen LogP contribution is -2.53. The molecule has 5 heteroatoms. The van der Waals surface area contributed by atoms with E-state index in [1.165, 1.54) is 32.1 Å². The number of carbonyl (C=O) groups excluding carboxylic acids is 1. The van der Waals surface area contributed by atoms with Crippen LogP contribution in [0, 0.1) is 29.6 Å². The van der Waals surface area contributed by atoms with Gasteiger partial charge in [-0.2, -0.15) is 5.10 Å². The molecule has 0 atom stereocenters. The van der Waals surface area contributed by atoms with E-state index < -0.39 is 0 Å². The fourth-order valence-electron chi connectivity index (χ4n) is 6.30. The third-order valence-corrected chi connectivity index (χ3v) is 7.10. The van der Waals surface area contributed by atoms with E-state index in [2.05, 4.69) is 15.0 Å². The summed E-state index contributed by atoms with van der Waals surface area (Å²) >= 11 is 0. The maximum Gasteiger partial charge on any atom is 0.226 e. The van der Waals surface area contributed by atoms with Crippen molar-refractivity contribution in [1.29, 1.82) is 0 Å². The van der Waals surface area contributed by atoms with Crippen LogP contribution in [0.2, 0.25) is 0 Å². The Balaban J connectivity index is 1.25. The van der Waals surface area contributed by atoms with Crippen LogP contribution in [0.25, 0.3) is 0 Å². The summed E-state index contributed by atoms with van der Waals surface area (Å²) in [5.41, 5.74) is 0. The predicted octanol–water partition coefficient (Wildman–Crippen LogP) is 2.51. The van der Waals surface area contributed by atoms with Crippen molar-refractivity contribution in [2.24, 2.45) is 29.6 Å². The number of hydrogen-bond donors (Lipinski definition) is 0. The maximum absolute atomic E-state index is 13.2. The normalized spacial score (nSPS) is 39.8. The Hall–Kier alpha value is -1.39. The fraction of sp³-hybridized carbons (Fsp3) is 0.833. The molecule has 124 valence electrons. The molecule has 1 aromatic rings. The van der Waals surface area contributed by atoms with Crippen LogP contribution in [0.3, 0.4) is 0 Å². The van der Waals surface area contributed by atoms with Gasteiger partial charge >= 0.3 is 0 Å². The number of rotatable bonds is 2. The summed E-state index contributed by atoms with van der Waals surface area (Å²) < 4.78 is 1.96. The first kappa shape index (κ1) is 14.0. The minimum absolute atomic E-state index is 0.353. The van der Waals surface area contributed by atoms with Gasteiger partial charge in [-0.3, -0.25) is 4.79 Å². The summed E-state index contributed by atoms with van der Waals surface area (Å²) in [4.78, 5) is 19.4. The van der Waals surface area contributed by atoms with Crippen molar-refractivity contribution in [3.05, 3.63) is 12.7 Å². The van der Waals surface area contributed by atoms with Crippen LogP contribution >= 0.6 is 0 Å². The molecule has 1 aromatic heterocycles. The first-order chi connectivity index (χ1) is 11.3. The summed E-state index contributed by atoms with van der Waals surface area (Å²) in [6.07, 6.45) is 12.2. The molecule has 0 spiro atoms. The molecule has 0 unspecified atom stereocenters. The highest BCUT2D eigenvalue weighted by Crippen LogP contribution is 2.57. The van der Waals surface area contributed by atoms with Gasteiger partial charge in [-0.15, -0.1) is 0 Å². The van der Waals surface area contributed by atoms with Crippen molar-refractivity contribution < 1.29 is 4.79 Å². The van der Waals surface area contributed by atoms with Crippen molar-refractivity contribution in [2.45, 2.75) is 51.0 Å². The van der Waals surface area contributed by atoms with Crippen LogP contribution in [0.15, 0.2) is 12.7 Å². The standard InChI is InChI=1S/C18H26N4O/c23-18(17-14-6-12-5-13(8-14)9-15(17)7-12)21-3-1-16(2-4-21)22-11-19-10-20-22/h10-17H,1-9H2. The highest BCUT2D eigenvalue weighted by atomic mass is 16.2. The maximum atomic E-state index is 13.2.